The van der Waals surface area contributed by atoms with Crippen LogP contribution < -0.4 is 10.6 Å². The SMILES string of the molecule is C=CC(=O)NCCC(=O)Nc1ccc2c(c1)CN(C(=O)OC(C)(C)C)C2. The van der Waals surface area contributed by atoms with Gasteiger partial charge < -0.3 is 15.4 Å². The molecule has 2 N–H and O–H groups in total. The molecular formula is C19H25N3O4. The van der Waals surface area contributed by atoms with Crippen LogP contribution in [0.1, 0.15) is 38.3 Å². The first-order valence-corrected chi connectivity index (χ1v) is 8.48. The van der Waals surface area contributed by atoms with E-state index in [-0.39, 0.29) is 30.9 Å². The topological polar surface area (TPSA) is 87.7 Å². The van der Waals surface area contributed by atoms with E-state index >= 15 is 0 Å². The molecule has 1 aliphatic heterocycles. The zero-order valence-electron chi connectivity index (χ0n) is 15.4. The molecule has 1 heterocycles. The van der Waals surface area contributed by atoms with E-state index in [9.17, 15) is 14.4 Å². The monoisotopic (exact) mass is 359 g/mol. The molecule has 0 aromatic heterocycles. The number of rotatable bonds is 5. The number of nitrogens with zero attached hydrogens (tertiary/aromatic N) is 1. The second-order valence-electron chi connectivity index (χ2n) is 7.11. The van der Waals surface area contributed by atoms with E-state index in [1.165, 1.54) is 0 Å². The Hall–Kier alpha value is -2.83. The number of hydrogen-bond donors (Lipinski definition) is 2. The van der Waals surface area contributed by atoms with Crippen molar-refractivity contribution in [3.63, 3.8) is 0 Å². The zero-order valence-corrected chi connectivity index (χ0v) is 15.4. The average Bonchev–Trinajstić information content (AvgIpc) is 2.96. The molecule has 0 spiro atoms. The lowest BCUT2D eigenvalue weighted by molar-refractivity contribution is -0.117. The number of nitrogens with one attached hydrogen (secondary N) is 2. The van der Waals surface area contributed by atoms with Gasteiger partial charge in [0.25, 0.3) is 0 Å². The van der Waals surface area contributed by atoms with Crippen molar-refractivity contribution in [2.45, 2.75) is 45.9 Å². The molecule has 0 unspecified atom stereocenters. The molecule has 0 radical (unpaired) electrons. The van der Waals surface area contributed by atoms with Crippen molar-refractivity contribution >= 4 is 23.6 Å². The average molecular weight is 359 g/mol. The van der Waals surface area contributed by atoms with Crippen LogP contribution in [0.2, 0.25) is 0 Å². The first-order valence-electron chi connectivity index (χ1n) is 8.48. The molecule has 2 rings (SSSR count). The summed E-state index contributed by atoms with van der Waals surface area (Å²) in [5.41, 5.74) is 2.14. The molecule has 0 aliphatic carbocycles. The van der Waals surface area contributed by atoms with Crippen LogP contribution in [-0.2, 0) is 27.4 Å². The molecule has 7 nitrogen and oxygen atoms in total. The van der Waals surface area contributed by atoms with Crippen LogP contribution in [0.25, 0.3) is 0 Å². The third kappa shape index (κ3) is 5.61. The summed E-state index contributed by atoms with van der Waals surface area (Å²) in [6.45, 7) is 10.0. The molecule has 7 heteroatoms. The Morgan fingerprint density at radius 2 is 1.92 bits per heavy atom. The van der Waals surface area contributed by atoms with E-state index in [2.05, 4.69) is 17.2 Å². The maximum Gasteiger partial charge on any atom is 0.410 e. The van der Waals surface area contributed by atoms with Crippen molar-refractivity contribution in [1.29, 1.82) is 0 Å². The molecule has 0 fully saturated rings. The summed E-state index contributed by atoms with van der Waals surface area (Å²) in [5.74, 6) is -0.506. The lowest BCUT2D eigenvalue weighted by Crippen LogP contribution is -2.33. The number of ether oxygens (including phenoxy) is 1. The second kappa shape index (κ2) is 8.03. The largest absolute Gasteiger partial charge is 0.444 e. The minimum Gasteiger partial charge on any atom is -0.444 e. The van der Waals surface area contributed by atoms with Gasteiger partial charge in [0, 0.05) is 31.7 Å². The zero-order chi connectivity index (χ0) is 19.3. The highest BCUT2D eigenvalue weighted by Crippen LogP contribution is 2.27. The maximum absolute atomic E-state index is 12.2. The van der Waals surface area contributed by atoms with Crippen molar-refractivity contribution in [2.24, 2.45) is 0 Å². The molecule has 0 bridgehead atoms. The normalized spacial score (nSPS) is 13.0. The number of fused-ring (bicyclic) bond motifs is 1. The van der Waals surface area contributed by atoms with Crippen molar-refractivity contribution in [1.82, 2.24) is 10.2 Å². The van der Waals surface area contributed by atoms with E-state index in [0.29, 0.717) is 18.8 Å². The Morgan fingerprint density at radius 3 is 2.58 bits per heavy atom. The van der Waals surface area contributed by atoms with E-state index in [4.69, 9.17) is 4.74 Å². The quantitative estimate of drug-likeness (QED) is 0.791. The van der Waals surface area contributed by atoms with Crippen LogP contribution in [0.15, 0.2) is 30.9 Å². The van der Waals surface area contributed by atoms with Crippen LogP contribution in [0.5, 0.6) is 0 Å². The molecule has 26 heavy (non-hydrogen) atoms. The molecular weight excluding hydrogens is 334 g/mol. The standard InChI is InChI=1S/C19H25N3O4/c1-5-16(23)20-9-8-17(24)21-15-7-6-13-11-22(12-14(13)10-15)18(25)26-19(2,3)4/h5-7,10H,1,8-9,11-12H2,2-4H3,(H,20,23)(H,21,24). The van der Waals surface area contributed by atoms with Crippen LogP contribution in [0, 0.1) is 0 Å². The van der Waals surface area contributed by atoms with Gasteiger partial charge in [-0.25, -0.2) is 4.79 Å². The van der Waals surface area contributed by atoms with Crippen molar-refractivity contribution in [2.75, 3.05) is 11.9 Å². The van der Waals surface area contributed by atoms with Crippen molar-refractivity contribution in [3.8, 4) is 0 Å². The van der Waals surface area contributed by atoms with E-state index in [1.807, 2.05) is 32.9 Å². The summed E-state index contributed by atoms with van der Waals surface area (Å²) >= 11 is 0. The highest BCUT2D eigenvalue weighted by molar-refractivity contribution is 5.92. The lowest BCUT2D eigenvalue weighted by Gasteiger charge is -2.24. The smallest absolute Gasteiger partial charge is 0.410 e. The summed E-state index contributed by atoms with van der Waals surface area (Å²) in [7, 11) is 0. The van der Waals surface area contributed by atoms with E-state index < -0.39 is 5.60 Å². The fraction of sp³-hybridized carbons (Fsp3) is 0.421. The Labute approximate surface area is 153 Å². The molecule has 0 atom stereocenters. The number of carbonyl (C=O) groups is 3. The number of benzene rings is 1. The number of hydrogen-bond acceptors (Lipinski definition) is 4. The minimum atomic E-state index is -0.536. The molecule has 1 aromatic rings. The van der Waals surface area contributed by atoms with E-state index in [0.717, 1.165) is 17.2 Å². The number of amides is 3. The van der Waals surface area contributed by atoms with Crippen LogP contribution in [0.4, 0.5) is 10.5 Å². The summed E-state index contributed by atoms with van der Waals surface area (Å²) in [4.78, 5) is 36.8. The third-order valence-corrected chi connectivity index (χ3v) is 3.70. The minimum absolute atomic E-state index is 0.167. The fourth-order valence-electron chi connectivity index (χ4n) is 2.52. The highest BCUT2D eigenvalue weighted by atomic mass is 16.6. The molecule has 0 saturated heterocycles. The maximum atomic E-state index is 12.2. The van der Waals surface area contributed by atoms with Gasteiger partial charge in [-0.1, -0.05) is 12.6 Å². The molecule has 0 saturated carbocycles. The molecule has 3 amide bonds. The molecule has 1 aliphatic rings. The first-order chi connectivity index (χ1) is 12.2. The van der Waals surface area contributed by atoms with Crippen molar-refractivity contribution < 1.29 is 19.1 Å². The Balaban J connectivity index is 1.90. The van der Waals surface area contributed by atoms with Crippen LogP contribution >= 0.6 is 0 Å². The Morgan fingerprint density at radius 1 is 1.23 bits per heavy atom. The fourth-order valence-corrected chi connectivity index (χ4v) is 2.52. The van der Waals surface area contributed by atoms with Gasteiger partial charge in [-0.05, 0) is 50.1 Å². The predicted octanol–water partition coefficient (Wildman–Crippen LogP) is 2.57. The summed E-state index contributed by atoms with van der Waals surface area (Å²) in [5, 5.41) is 5.35. The molecule has 140 valence electrons. The van der Waals surface area contributed by atoms with Gasteiger partial charge >= 0.3 is 6.09 Å². The van der Waals surface area contributed by atoms with Gasteiger partial charge in [0.2, 0.25) is 11.8 Å². The Kier molecular flexibility index (Phi) is 6.02. The van der Waals surface area contributed by atoms with Gasteiger partial charge in [-0.15, -0.1) is 0 Å². The Bertz CT molecular complexity index is 722. The van der Waals surface area contributed by atoms with Crippen LogP contribution in [-0.4, -0.2) is 35.0 Å². The van der Waals surface area contributed by atoms with Crippen LogP contribution in [0.3, 0.4) is 0 Å². The summed E-state index contributed by atoms with van der Waals surface area (Å²) in [6, 6.07) is 5.56. The van der Waals surface area contributed by atoms with Gasteiger partial charge in [-0.3, -0.25) is 14.5 Å². The van der Waals surface area contributed by atoms with Gasteiger partial charge in [0.05, 0.1) is 0 Å². The van der Waals surface area contributed by atoms with E-state index in [1.54, 1.807) is 11.0 Å². The third-order valence-electron chi connectivity index (χ3n) is 3.70. The van der Waals surface area contributed by atoms with Gasteiger partial charge in [-0.2, -0.15) is 0 Å². The second-order valence-corrected chi connectivity index (χ2v) is 7.11. The summed E-state index contributed by atoms with van der Waals surface area (Å²) in [6.07, 6.45) is 0.979. The van der Waals surface area contributed by atoms with Crippen molar-refractivity contribution in [3.05, 3.63) is 42.0 Å². The summed E-state index contributed by atoms with van der Waals surface area (Å²) < 4.78 is 5.40. The first kappa shape index (κ1) is 19.5. The molecule has 1 aromatic carbocycles. The van der Waals surface area contributed by atoms with Gasteiger partial charge in [0.1, 0.15) is 5.60 Å². The number of carbonyl (C=O) groups excluding carboxylic acids is 3. The number of anilines is 1. The predicted molar refractivity (Wildman–Crippen MR) is 98.4 cm³/mol. The highest BCUT2D eigenvalue weighted by Gasteiger charge is 2.27. The van der Waals surface area contributed by atoms with Gasteiger partial charge in [0.15, 0.2) is 0 Å². The lowest BCUT2D eigenvalue weighted by atomic mass is 10.1.